The molecule has 0 heterocycles. The minimum Gasteiger partial charge on any atom is -0.487 e. The number of carbonyl (C=O) groups excluding carboxylic acids is 2. The molecule has 1 aromatic rings. The maximum absolute atomic E-state index is 11.8. The van der Waals surface area contributed by atoms with E-state index >= 15 is 0 Å². The first-order chi connectivity index (χ1) is 10.2. The number of carbonyl (C=O) groups is 1. The van der Waals surface area contributed by atoms with Gasteiger partial charge in [0.1, 0.15) is 29.6 Å². The summed E-state index contributed by atoms with van der Waals surface area (Å²) >= 11 is 0. The first kappa shape index (κ1) is 17.6. The summed E-state index contributed by atoms with van der Waals surface area (Å²) in [7, 11) is 1.62. The molecule has 6 heteroatoms. The standard InChI is InChI=1S/C16H22N2O4/c1-11-6-12(18-15(20)22-16(2,3)4)8-14(7-11)21-10-13(9-19)17-5/h6-8,17H,10H2,1-5H3,(H,18,20). The van der Waals surface area contributed by atoms with Crippen molar-refractivity contribution in [2.24, 2.45) is 0 Å². The smallest absolute Gasteiger partial charge is 0.412 e. The van der Waals surface area contributed by atoms with Crippen molar-refractivity contribution in [2.45, 2.75) is 33.3 Å². The normalized spacial score (nSPS) is 10.4. The van der Waals surface area contributed by atoms with Gasteiger partial charge in [0, 0.05) is 18.8 Å². The number of likely N-dealkylation sites (N-methyl/N-ethyl adjacent to an activating group) is 1. The Morgan fingerprint density at radius 2 is 1.95 bits per heavy atom. The van der Waals surface area contributed by atoms with E-state index in [2.05, 4.69) is 10.6 Å². The third-order valence-corrected chi connectivity index (χ3v) is 2.50. The van der Waals surface area contributed by atoms with Gasteiger partial charge in [-0.15, -0.1) is 0 Å². The Bertz CT molecular complexity index is 584. The Labute approximate surface area is 130 Å². The van der Waals surface area contributed by atoms with E-state index in [4.69, 9.17) is 9.47 Å². The number of rotatable bonds is 5. The SMILES string of the molecule is CNC(=C=O)COc1cc(C)cc(NC(=O)OC(C)(C)C)c1. The molecule has 0 saturated heterocycles. The Kier molecular flexibility index (Phi) is 6.01. The summed E-state index contributed by atoms with van der Waals surface area (Å²) in [6, 6.07) is 5.26. The number of hydrogen-bond donors (Lipinski definition) is 2. The number of hydrogen-bond acceptors (Lipinski definition) is 5. The van der Waals surface area contributed by atoms with Gasteiger partial charge < -0.3 is 14.8 Å². The summed E-state index contributed by atoms with van der Waals surface area (Å²) in [5.74, 6) is 2.29. The van der Waals surface area contributed by atoms with Gasteiger partial charge in [-0.25, -0.2) is 9.59 Å². The maximum Gasteiger partial charge on any atom is 0.412 e. The van der Waals surface area contributed by atoms with Crippen molar-refractivity contribution in [1.29, 1.82) is 0 Å². The molecule has 22 heavy (non-hydrogen) atoms. The molecule has 0 saturated carbocycles. The second kappa shape index (κ2) is 7.52. The molecule has 1 rings (SSSR count). The molecule has 0 aliphatic rings. The van der Waals surface area contributed by atoms with Crippen molar-refractivity contribution in [1.82, 2.24) is 5.32 Å². The van der Waals surface area contributed by atoms with Crippen molar-refractivity contribution in [3.8, 4) is 5.75 Å². The molecule has 120 valence electrons. The Balaban J connectivity index is 2.77. The fourth-order valence-electron chi connectivity index (χ4n) is 1.63. The maximum atomic E-state index is 11.8. The molecule has 0 bridgehead atoms. The van der Waals surface area contributed by atoms with Gasteiger partial charge in [-0.2, -0.15) is 0 Å². The summed E-state index contributed by atoms with van der Waals surface area (Å²) in [6.07, 6.45) is -0.534. The van der Waals surface area contributed by atoms with Crippen molar-refractivity contribution in [3.63, 3.8) is 0 Å². The zero-order valence-electron chi connectivity index (χ0n) is 13.6. The van der Waals surface area contributed by atoms with Gasteiger partial charge in [-0.1, -0.05) is 0 Å². The van der Waals surface area contributed by atoms with Crippen LogP contribution >= 0.6 is 0 Å². The van der Waals surface area contributed by atoms with Crippen LogP contribution in [0.25, 0.3) is 0 Å². The number of benzene rings is 1. The van der Waals surface area contributed by atoms with Gasteiger partial charge in [0.05, 0.1) is 0 Å². The van der Waals surface area contributed by atoms with Crippen LogP contribution in [0.3, 0.4) is 0 Å². The molecule has 0 fully saturated rings. The molecule has 1 aromatic carbocycles. The van der Waals surface area contributed by atoms with E-state index in [-0.39, 0.29) is 6.61 Å². The molecular weight excluding hydrogens is 284 g/mol. The summed E-state index contributed by atoms with van der Waals surface area (Å²) < 4.78 is 10.7. The topological polar surface area (TPSA) is 76.7 Å². The lowest BCUT2D eigenvalue weighted by atomic mass is 10.2. The van der Waals surface area contributed by atoms with Crippen molar-refractivity contribution >= 4 is 17.7 Å². The van der Waals surface area contributed by atoms with Crippen LogP contribution in [0.2, 0.25) is 0 Å². The fourth-order valence-corrected chi connectivity index (χ4v) is 1.63. The van der Waals surface area contributed by atoms with Gasteiger partial charge in [-0.3, -0.25) is 5.32 Å². The molecule has 0 aliphatic carbocycles. The summed E-state index contributed by atoms with van der Waals surface area (Å²) in [5, 5.41) is 5.34. The van der Waals surface area contributed by atoms with Crippen LogP contribution < -0.4 is 15.4 Å². The van der Waals surface area contributed by atoms with E-state index in [0.717, 1.165) is 5.56 Å². The van der Waals surface area contributed by atoms with Crippen LogP contribution in [0, 0.1) is 6.92 Å². The molecule has 6 nitrogen and oxygen atoms in total. The lowest BCUT2D eigenvalue weighted by Crippen LogP contribution is -2.27. The lowest BCUT2D eigenvalue weighted by molar-refractivity contribution is 0.0636. The predicted octanol–water partition coefficient (Wildman–Crippen LogP) is 2.66. The lowest BCUT2D eigenvalue weighted by Gasteiger charge is -2.20. The molecule has 0 unspecified atom stereocenters. The van der Waals surface area contributed by atoms with Crippen LogP contribution in [0.1, 0.15) is 26.3 Å². The van der Waals surface area contributed by atoms with E-state index in [1.807, 2.05) is 6.92 Å². The van der Waals surface area contributed by atoms with Gasteiger partial charge >= 0.3 is 6.09 Å². The molecule has 1 amide bonds. The zero-order valence-corrected chi connectivity index (χ0v) is 13.6. The summed E-state index contributed by atoms with van der Waals surface area (Å²) in [5.41, 5.74) is 1.21. The van der Waals surface area contributed by atoms with Crippen molar-refractivity contribution in [2.75, 3.05) is 19.0 Å². The minimum absolute atomic E-state index is 0.0787. The number of amides is 1. The highest BCUT2D eigenvalue weighted by Gasteiger charge is 2.16. The molecular formula is C16H22N2O4. The molecule has 2 N–H and O–H groups in total. The second-order valence-corrected chi connectivity index (χ2v) is 5.78. The highest BCUT2D eigenvalue weighted by Crippen LogP contribution is 2.21. The average molecular weight is 306 g/mol. The van der Waals surface area contributed by atoms with Gasteiger partial charge in [0.2, 0.25) is 0 Å². The number of nitrogens with one attached hydrogen (secondary N) is 2. The molecule has 0 aromatic heterocycles. The number of anilines is 1. The van der Waals surface area contributed by atoms with E-state index in [1.54, 1.807) is 52.0 Å². The van der Waals surface area contributed by atoms with Crippen molar-refractivity contribution in [3.05, 3.63) is 29.5 Å². The quantitative estimate of drug-likeness (QED) is 0.818. The van der Waals surface area contributed by atoms with Crippen LogP contribution in [-0.2, 0) is 9.53 Å². The van der Waals surface area contributed by atoms with E-state index < -0.39 is 11.7 Å². The Morgan fingerprint density at radius 3 is 2.50 bits per heavy atom. The van der Waals surface area contributed by atoms with E-state index in [9.17, 15) is 9.59 Å². The first-order valence-electron chi connectivity index (χ1n) is 6.89. The fraction of sp³-hybridized carbons (Fsp3) is 0.438. The third-order valence-electron chi connectivity index (χ3n) is 2.50. The first-order valence-corrected chi connectivity index (χ1v) is 6.89. The largest absolute Gasteiger partial charge is 0.487 e. The Morgan fingerprint density at radius 1 is 1.27 bits per heavy atom. The average Bonchev–Trinajstić information content (AvgIpc) is 2.36. The van der Waals surface area contributed by atoms with Gasteiger partial charge in [0.15, 0.2) is 0 Å². The molecule has 0 atom stereocenters. The molecule has 0 spiro atoms. The monoisotopic (exact) mass is 306 g/mol. The van der Waals surface area contributed by atoms with Gasteiger partial charge in [-0.05, 0) is 45.4 Å². The van der Waals surface area contributed by atoms with E-state index in [1.165, 1.54) is 0 Å². The van der Waals surface area contributed by atoms with Crippen LogP contribution in [0.15, 0.2) is 23.9 Å². The second-order valence-electron chi connectivity index (χ2n) is 5.78. The number of ether oxygens (including phenoxy) is 2. The van der Waals surface area contributed by atoms with Gasteiger partial charge in [0.25, 0.3) is 0 Å². The van der Waals surface area contributed by atoms with Crippen LogP contribution in [-0.4, -0.2) is 31.3 Å². The van der Waals surface area contributed by atoms with Crippen molar-refractivity contribution < 1.29 is 19.1 Å². The summed E-state index contributed by atoms with van der Waals surface area (Å²) in [4.78, 5) is 22.4. The minimum atomic E-state index is -0.566. The third kappa shape index (κ3) is 6.33. The highest BCUT2D eigenvalue weighted by atomic mass is 16.6. The number of aryl methyl sites for hydroxylation is 1. The summed E-state index contributed by atoms with van der Waals surface area (Å²) in [6.45, 7) is 7.34. The zero-order chi connectivity index (χ0) is 16.8. The molecule has 0 radical (unpaired) electrons. The van der Waals surface area contributed by atoms with Crippen LogP contribution in [0.4, 0.5) is 10.5 Å². The predicted molar refractivity (Wildman–Crippen MR) is 84.8 cm³/mol. The van der Waals surface area contributed by atoms with E-state index in [0.29, 0.717) is 17.1 Å². The highest BCUT2D eigenvalue weighted by molar-refractivity contribution is 5.85. The Hall–Kier alpha value is -2.46. The van der Waals surface area contributed by atoms with Crippen LogP contribution in [0.5, 0.6) is 5.75 Å². The molecule has 0 aliphatic heterocycles.